The molecule has 1 N–H and O–H groups in total. The summed E-state index contributed by atoms with van der Waals surface area (Å²) < 4.78 is 5.12. The van der Waals surface area contributed by atoms with Gasteiger partial charge in [0.25, 0.3) is 0 Å². The van der Waals surface area contributed by atoms with Gasteiger partial charge in [-0.3, -0.25) is 0 Å². The van der Waals surface area contributed by atoms with Crippen molar-refractivity contribution in [3.63, 3.8) is 0 Å². The summed E-state index contributed by atoms with van der Waals surface area (Å²) in [6.45, 7) is 2.62. The average Bonchev–Trinajstić information content (AvgIpc) is 2.31. The Labute approximate surface area is 95.5 Å². The number of aliphatic hydroxyl groups excluding tert-OH is 1. The molecule has 0 saturated carbocycles. The van der Waals surface area contributed by atoms with Gasteiger partial charge >= 0.3 is 6.09 Å². The summed E-state index contributed by atoms with van der Waals surface area (Å²) in [4.78, 5) is 12.9. The molecule has 0 aliphatic carbocycles. The van der Waals surface area contributed by atoms with E-state index in [1.165, 1.54) is 4.90 Å². The zero-order valence-electron chi connectivity index (χ0n) is 9.64. The monoisotopic (exact) mass is 223 g/mol. The van der Waals surface area contributed by atoms with Gasteiger partial charge in [0.15, 0.2) is 0 Å². The number of ether oxygens (including phenoxy) is 1. The quantitative estimate of drug-likeness (QED) is 0.844. The summed E-state index contributed by atoms with van der Waals surface area (Å²) in [5.74, 6) is 0.520. The first kappa shape index (κ1) is 12.5. The van der Waals surface area contributed by atoms with E-state index in [4.69, 9.17) is 9.84 Å². The van der Waals surface area contributed by atoms with Crippen LogP contribution in [0.2, 0.25) is 0 Å². The van der Waals surface area contributed by atoms with E-state index < -0.39 is 0 Å². The number of carbonyl (C=O) groups excluding carboxylic acids is 1. The van der Waals surface area contributed by atoms with E-state index in [9.17, 15) is 4.79 Å². The molecule has 1 rings (SSSR count). The van der Waals surface area contributed by atoms with Gasteiger partial charge < -0.3 is 14.7 Å². The fourth-order valence-corrected chi connectivity index (χ4v) is 1.16. The van der Waals surface area contributed by atoms with E-state index in [0.717, 1.165) is 5.56 Å². The van der Waals surface area contributed by atoms with Gasteiger partial charge in [-0.15, -0.1) is 0 Å². The van der Waals surface area contributed by atoms with Crippen LogP contribution in [-0.2, 0) is 6.42 Å². The smallest absolute Gasteiger partial charge is 0.410 e. The Morgan fingerprint density at radius 2 is 2.00 bits per heavy atom. The van der Waals surface area contributed by atoms with E-state index in [1.54, 1.807) is 19.2 Å². The Balaban J connectivity index is 2.58. The molecular weight excluding hydrogens is 206 g/mol. The minimum absolute atomic E-state index is 0.123. The molecule has 1 amide bonds. The minimum Gasteiger partial charge on any atom is -0.410 e. The highest BCUT2D eigenvalue weighted by Gasteiger charge is 2.08. The maximum Gasteiger partial charge on any atom is 0.414 e. The number of aliphatic hydroxyl groups is 1. The zero-order valence-corrected chi connectivity index (χ0v) is 9.64. The number of hydrogen-bond acceptors (Lipinski definition) is 3. The van der Waals surface area contributed by atoms with E-state index >= 15 is 0 Å². The summed E-state index contributed by atoms with van der Waals surface area (Å²) in [5, 5.41) is 8.75. The summed E-state index contributed by atoms with van der Waals surface area (Å²) in [5.41, 5.74) is 1.02. The first-order valence-corrected chi connectivity index (χ1v) is 5.30. The molecule has 88 valence electrons. The van der Waals surface area contributed by atoms with Crippen LogP contribution in [0.4, 0.5) is 4.79 Å². The molecule has 0 aliphatic heterocycles. The molecule has 4 heteroatoms. The van der Waals surface area contributed by atoms with Crippen LogP contribution < -0.4 is 4.74 Å². The number of benzene rings is 1. The van der Waals surface area contributed by atoms with Crippen molar-refractivity contribution in [3.8, 4) is 5.75 Å². The van der Waals surface area contributed by atoms with Crippen molar-refractivity contribution in [1.29, 1.82) is 0 Å². The van der Waals surface area contributed by atoms with E-state index in [0.29, 0.717) is 18.7 Å². The maximum atomic E-state index is 11.4. The molecule has 1 aromatic rings. The molecule has 0 radical (unpaired) electrons. The predicted octanol–water partition coefficient (Wildman–Crippen LogP) is 1.67. The van der Waals surface area contributed by atoms with Crippen LogP contribution in [-0.4, -0.2) is 36.3 Å². The van der Waals surface area contributed by atoms with Crippen molar-refractivity contribution in [3.05, 3.63) is 29.8 Å². The molecule has 4 nitrogen and oxygen atoms in total. The lowest BCUT2D eigenvalue weighted by Gasteiger charge is -2.14. The summed E-state index contributed by atoms with van der Waals surface area (Å²) in [6.07, 6.45) is 0.251. The van der Waals surface area contributed by atoms with Crippen molar-refractivity contribution in [1.82, 2.24) is 4.90 Å². The lowest BCUT2D eigenvalue weighted by molar-refractivity contribution is 0.165. The Morgan fingerprint density at radius 1 is 1.38 bits per heavy atom. The van der Waals surface area contributed by atoms with Gasteiger partial charge in [-0.1, -0.05) is 12.1 Å². The van der Waals surface area contributed by atoms with Crippen LogP contribution in [0.3, 0.4) is 0 Å². The summed E-state index contributed by atoms with van der Waals surface area (Å²) in [7, 11) is 1.68. The van der Waals surface area contributed by atoms with Crippen LogP contribution in [0.15, 0.2) is 24.3 Å². The van der Waals surface area contributed by atoms with Gasteiger partial charge in [0.05, 0.1) is 0 Å². The Kier molecular flexibility index (Phi) is 4.79. The Bertz CT molecular complexity index is 335. The second-order valence-corrected chi connectivity index (χ2v) is 3.50. The van der Waals surface area contributed by atoms with Crippen LogP contribution in [0, 0.1) is 0 Å². The third-order valence-electron chi connectivity index (χ3n) is 2.32. The molecule has 0 heterocycles. The van der Waals surface area contributed by atoms with Gasteiger partial charge in [0.1, 0.15) is 5.75 Å². The zero-order chi connectivity index (χ0) is 12.0. The fourth-order valence-electron chi connectivity index (χ4n) is 1.16. The molecular formula is C12H17NO3. The van der Waals surface area contributed by atoms with Crippen molar-refractivity contribution < 1.29 is 14.6 Å². The van der Waals surface area contributed by atoms with Crippen LogP contribution in [0.5, 0.6) is 5.75 Å². The average molecular weight is 223 g/mol. The standard InChI is InChI=1S/C12H17NO3/c1-3-13(2)12(15)16-11-6-4-10(5-7-11)8-9-14/h4-7,14H,3,8-9H2,1-2H3. The fraction of sp³-hybridized carbons (Fsp3) is 0.417. The lowest BCUT2D eigenvalue weighted by Crippen LogP contribution is -2.29. The second-order valence-electron chi connectivity index (χ2n) is 3.50. The number of hydrogen-bond donors (Lipinski definition) is 1. The van der Waals surface area contributed by atoms with Crippen molar-refractivity contribution in [2.45, 2.75) is 13.3 Å². The van der Waals surface area contributed by atoms with Crippen molar-refractivity contribution >= 4 is 6.09 Å². The third kappa shape index (κ3) is 3.55. The molecule has 1 aromatic carbocycles. The third-order valence-corrected chi connectivity index (χ3v) is 2.32. The summed E-state index contributed by atoms with van der Waals surface area (Å²) >= 11 is 0. The van der Waals surface area contributed by atoms with Crippen LogP contribution >= 0.6 is 0 Å². The number of amides is 1. The van der Waals surface area contributed by atoms with Crippen LogP contribution in [0.25, 0.3) is 0 Å². The largest absolute Gasteiger partial charge is 0.414 e. The van der Waals surface area contributed by atoms with Crippen LogP contribution in [0.1, 0.15) is 12.5 Å². The van der Waals surface area contributed by atoms with Gasteiger partial charge in [0, 0.05) is 20.2 Å². The highest BCUT2D eigenvalue weighted by molar-refractivity contribution is 5.70. The van der Waals surface area contributed by atoms with E-state index in [1.807, 2.05) is 19.1 Å². The first-order valence-electron chi connectivity index (χ1n) is 5.30. The van der Waals surface area contributed by atoms with E-state index in [-0.39, 0.29) is 12.7 Å². The van der Waals surface area contributed by atoms with Crippen molar-refractivity contribution in [2.75, 3.05) is 20.2 Å². The van der Waals surface area contributed by atoms with Gasteiger partial charge in [-0.25, -0.2) is 4.79 Å². The van der Waals surface area contributed by atoms with Gasteiger partial charge in [-0.2, -0.15) is 0 Å². The molecule has 0 fully saturated rings. The molecule has 0 unspecified atom stereocenters. The molecule has 0 aliphatic rings. The topological polar surface area (TPSA) is 49.8 Å². The normalized spacial score (nSPS) is 9.94. The van der Waals surface area contributed by atoms with Gasteiger partial charge in [0.2, 0.25) is 0 Å². The molecule has 0 saturated heterocycles. The highest BCUT2D eigenvalue weighted by atomic mass is 16.6. The Morgan fingerprint density at radius 3 is 2.50 bits per heavy atom. The first-order chi connectivity index (χ1) is 7.67. The maximum absolute atomic E-state index is 11.4. The Hall–Kier alpha value is -1.55. The SMILES string of the molecule is CCN(C)C(=O)Oc1ccc(CCO)cc1. The predicted molar refractivity (Wildman–Crippen MR) is 61.6 cm³/mol. The van der Waals surface area contributed by atoms with Crippen molar-refractivity contribution in [2.24, 2.45) is 0 Å². The molecule has 0 aromatic heterocycles. The minimum atomic E-state index is -0.364. The lowest BCUT2D eigenvalue weighted by atomic mass is 10.1. The molecule has 0 atom stereocenters. The molecule has 0 spiro atoms. The van der Waals surface area contributed by atoms with E-state index in [2.05, 4.69) is 0 Å². The molecule has 16 heavy (non-hydrogen) atoms. The number of nitrogens with zero attached hydrogens (tertiary/aromatic N) is 1. The van der Waals surface area contributed by atoms with Gasteiger partial charge in [-0.05, 0) is 31.0 Å². The number of rotatable bonds is 4. The summed E-state index contributed by atoms with van der Waals surface area (Å²) in [6, 6.07) is 7.13. The number of carbonyl (C=O) groups is 1. The molecule has 0 bridgehead atoms. The highest BCUT2D eigenvalue weighted by Crippen LogP contribution is 2.13. The second kappa shape index (κ2) is 6.12.